The molecular weight excluding hydrogens is 360 g/mol. The zero-order valence-electron chi connectivity index (χ0n) is 10.1. The minimum Gasteiger partial charge on any atom is -0.143 e. The molecule has 1 aromatic rings. The van der Waals surface area contributed by atoms with Gasteiger partial charge in [-0.3, -0.25) is 0 Å². The van der Waals surface area contributed by atoms with Crippen LogP contribution in [0.25, 0.3) is 0 Å². The number of fused-ring (bicyclic) bond motifs is 2. The summed E-state index contributed by atoms with van der Waals surface area (Å²) in [7, 11) is 0. The van der Waals surface area contributed by atoms with E-state index >= 15 is 0 Å². The first-order valence-corrected chi connectivity index (χ1v) is 9.06. The van der Waals surface area contributed by atoms with Crippen LogP contribution in [0.15, 0.2) is 10.5 Å². The second-order valence-electron chi connectivity index (χ2n) is 5.69. The van der Waals surface area contributed by atoms with Crippen LogP contribution in [0.5, 0.6) is 0 Å². The Balaban J connectivity index is 1.65. The second kappa shape index (κ2) is 4.97. The minimum absolute atomic E-state index is 0.571. The minimum atomic E-state index is 0.571. The highest BCUT2D eigenvalue weighted by molar-refractivity contribution is 9.10. The fourth-order valence-corrected chi connectivity index (χ4v) is 6.13. The van der Waals surface area contributed by atoms with Crippen molar-refractivity contribution in [2.75, 3.05) is 0 Å². The molecule has 2 aliphatic rings. The first-order valence-electron chi connectivity index (χ1n) is 6.53. The first-order chi connectivity index (χ1) is 8.13. The van der Waals surface area contributed by atoms with Gasteiger partial charge in [-0.1, -0.05) is 22.4 Å². The van der Waals surface area contributed by atoms with Crippen LogP contribution in [0.3, 0.4) is 0 Å². The van der Waals surface area contributed by atoms with Gasteiger partial charge in [0, 0.05) is 19.1 Å². The van der Waals surface area contributed by atoms with Gasteiger partial charge in [0.1, 0.15) is 0 Å². The summed E-state index contributed by atoms with van der Waals surface area (Å²) in [6, 6.07) is 2.30. The molecule has 2 fully saturated rings. The van der Waals surface area contributed by atoms with Crippen molar-refractivity contribution in [3.05, 3.63) is 20.3 Å². The predicted octanol–water partition coefficient (Wildman–Crippen LogP) is 6.08. The van der Waals surface area contributed by atoms with Crippen LogP contribution in [-0.2, 0) is 0 Å². The van der Waals surface area contributed by atoms with Gasteiger partial charge in [-0.05, 0) is 72.4 Å². The maximum absolute atomic E-state index is 3.90. The molecule has 2 saturated carbocycles. The van der Waals surface area contributed by atoms with Crippen LogP contribution in [0.1, 0.15) is 46.7 Å². The fourth-order valence-electron chi connectivity index (χ4n) is 3.68. The number of alkyl halides is 1. The van der Waals surface area contributed by atoms with Gasteiger partial charge in [-0.25, -0.2) is 0 Å². The lowest BCUT2D eigenvalue weighted by molar-refractivity contribution is 0.314. The van der Waals surface area contributed by atoms with Gasteiger partial charge in [-0.2, -0.15) is 0 Å². The van der Waals surface area contributed by atoms with E-state index in [-0.39, 0.29) is 0 Å². The highest BCUT2D eigenvalue weighted by Gasteiger charge is 2.40. The molecule has 0 N–H and O–H groups in total. The summed E-state index contributed by atoms with van der Waals surface area (Å²) in [6.07, 6.45) is 7.38. The third kappa shape index (κ3) is 2.52. The molecule has 4 unspecified atom stereocenters. The van der Waals surface area contributed by atoms with Gasteiger partial charge >= 0.3 is 0 Å². The van der Waals surface area contributed by atoms with Crippen LogP contribution >= 0.6 is 43.2 Å². The van der Waals surface area contributed by atoms with Crippen molar-refractivity contribution in [2.24, 2.45) is 17.8 Å². The summed E-state index contributed by atoms with van der Waals surface area (Å²) >= 11 is 9.46. The Kier molecular flexibility index (Phi) is 3.71. The summed E-state index contributed by atoms with van der Waals surface area (Å²) in [4.78, 5) is 3.47. The molecule has 0 aliphatic heterocycles. The van der Waals surface area contributed by atoms with E-state index in [9.17, 15) is 0 Å². The van der Waals surface area contributed by atoms with E-state index in [0.29, 0.717) is 4.83 Å². The van der Waals surface area contributed by atoms with Gasteiger partial charge < -0.3 is 0 Å². The average Bonchev–Trinajstić information content (AvgIpc) is 2.95. The van der Waals surface area contributed by atoms with Crippen molar-refractivity contribution in [1.29, 1.82) is 0 Å². The van der Waals surface area contributed by atoms with Crippen molar-refractivity contribution in [1.82, 2.24) is 0 Å². The molecule has 0 amide bonds. The molecule has 3 heteroatoms. The summed E-state index contributed by atoms with van der Waals surface area (Å²) in [5, 5.41) is 0. The number of hydrogen-bond donors (Lipinski definition) is 0. The summed E-state index contributed by atoms with van der Waals surface area (Å²) in [5.41, 5.74) is 0. The van der Waals surface area contributed by atoms with E-state index < -0.39 is 0 Å². The van der Waals surface area contributed by atoms with E-state index in [1.54, 1.807) is 0 Å². The van der Waals surface area contributed by atoms with E-state index in [2.05, 4.69) is 44.8 Å². The molecule has 94 valence electrons. The van der Waals surface area contributed by atoms with Crippen molar-refractivity contribution >= 4 is 43.2 Å². The monoisotopic (exact) mass is 376 g/mol. The Morgan fingerprint density at radius 1 is 1.41 bits per heavy atom. The van der Waals surface area contributed by atoms with Crippen molar-refractivity contribution in [2.45, 2.75) is 43.9 Å². The number of rotatable bonds is 3. The van der Waals surface area contributed by atoms with Crippen molar-refractivity contribution in [3.8, 4) is 0 Å². The third-order valence-corrected chi connectivity index (χ3v) is 8.00. The van der Waals surface area contributed by atoms with Gasteiger partial charge in [0.25, 0.3) is 0 Å². The van der Waals surface area contributed by atoms with E-state index in [1.165, 1.54) is 46.3 Å². The molecule has 0 radical (unpaired) electrons. The lowest BCUT2D eigenvalue weighted by Crippen LogP contribution is -2.11. The molecule has 0 spiro atoms. The van der Waals surface area contributed by atoms with Crippen LogP contribution < -0.4 is 0 Å². The molecule has 1 heterocycles. The molecule has 3 rings (SSSR count). The van der Waals surface area contributed by atoms with E-state index in [0.717, 1.165) is 17.8 Å². The molecule has 17 heavy (non-hydrogen) atoms. The fraction of sp³-hybridized carbons (Fsp3) is 0.714. The Labute approximate surface area is 124 Å². The van der Waals surface area contributed by atoms with Gasteiger partial charge in [0.2, 0.25) is 0 Å². The lowest BCUT2D eigenvalue weighted by Gasteiger charge is -2.23. The quantitative estimate of drug-likeness (QED) is 0.559. The van der Waals surface area contributed by atoms with E-state index in [4.69, 9.17) is 0 Å². The molecule has 0 nitrogen and oxygen atoms in total. The Hall–Kier alpha value is 0.660. The highest BCUT2D eigenvalue weighted by atomic mass is 79.9. The number of thiophene rings is 1. The van der Waals surface area contributed by atoms with Crippen LogP contribution in [-0.4, -0.2) is 0 Å². The Bertz CT molecular complexity index is 393. The second-order valence-corrected chi connectivity index (χ2v) is 8.94. The summed E-state index contributed by atoms with van der Waals surface area (Å²) in [6.45, 7) is 2.19. The van der Waals surface area contributed by atoms with Crippen molar-refractivity contribution in [3.63, 3.8) is 0 Å². The topological polar surface area (TPSA) is 0 Å². The molecule has 2 bridgehead atoms. The van der Waals surface area contributed by atoms with Crippen LogP contribution in [0.4, 0.5) is 0 Å². The van der Waals surface area contributed by atoms with Crippen LogP contribution in [0.2, 0.25) is 0 Å². The largest absolute Gasteiger partial charge is 0.143 e. The SMILES string of the molecule is Cc1sc(C(Br)CC2CC3CCC2C3)cc1Br. The zero-order chi connectivity index (χ0) is 12.0. The smallest absolute Gasteiger partial charge is 0.0492 e. The average molecular weight is 378 g/mol. The van der Waals surface area contributed by atoms with Crippen molar-refractivity contribution < 1.29 is 0 Å². The summed E-state index contributed by atoms with van der Waals surface area (Å²) in [5.74, 6) is 3.10. The first kappa shape index (κ1) is 12.7. The lowest BCUT2D eigenvalue weighted by atomic mass is 9.85. The van der Waals surface area contributed by atoms with Gasteiger partial charge in [0.05, 0.1) is 0 Å². The molecule has 0 aromatic carbocycles. The number of aryl methyl sites for hydroxylation is 1. The molecule has 1 aromatic heterocycles. The Morgan fingerprint density at radius 2 is 2.24 bits per heavy atom. The normalized spacial score (nSPS) is 33.2. The highest BCUT2D eigenvalue weighted by Crippen LogP contribution is 2.52. The standard InChI is InChI=1S/C14H18Br2S/c1-8-12(15)7-14(17-8)13(16)6-11-5-9-2-3-10(11)4-9/h7,9-11,13H,2-6H2,1H3. The molecule has 2 aliphatic carbocycles. The third-order valence-electron chi connectivity index (χ3n) is 4.58. The summed E-state index contributed by atoms with van der Waals surface area (Å²) < 4.78 is 1.27. The number of halogens is 2. The predicted molar refractivity (Wildman–Crippen MR) is 82.0 cm³/mol. The molecular formula is C14H18Br2S. The maximum Gasteiger partial charge on any atom is 0.0492 e. The Morgan fingerprint density at radius 3 is 2.76 bits per heavy atom. The molecule has 0 saturated heterocycles. The maximum atomic E-state index is 3.90. The number of hydrogen-bond acceptors (Lipinski definition) is 1. The zero-order valence-corrected chi connectivity index (χ0v) is 14.1. The van der Waals surface area contributed by atoms with Crippen LogP contribution in [0, 0.1) is 24.7 Å². The molecule has 4 atom stereocenters. The van der Waals surface area contributed by atoms with E-state index in [1.807, 2.05) is 11.3 Å². The van der Waals surface area contributed by atoms with Gasteiger partial charge in [0.15, 0.2) is 0 Å². The van der Waals surface area contributed by atoms with Gasteiger partial charge in [-0.15, -0.1) is 11.3 Å².